The van der Waals surface area contributed by atoms with Crippen LogP contribution in [-0.4, -0.2) is 17.7 Å². The average molecular weight is 520 g/mol. The van der Waals surface area contributed by atoms with Crippen molar-refractivity contribution in [3.8, 4) is 17.2 Å². The molecule has 0 bridgehead atoms. The van der Waals surface area contributed by atoms with E-state index in [-0.39, 0.29) is 34.8 Å². The van der Waals surface area contributed by atoms with E-state index in [1.807, 2.05) is 0 Å². The number of rotatable bonds is 3. The Morgan fingerprint density at radius 2 is 1.46 bits per heavy atom. The molecule has 0 aliphatic carbocycles. The summed E-state index contributed by atoms with van der Waals surface area (Å²) in [5, 5.41) is 0.562. The predicted octanol–water partition coefficient (Wildman–Crippen LogP) is 4.79. The lowest BCUT2D eigenvalue weighted by molar-refractivity contribution is -0.146. The topological polar surface area (TPSA) is 109 Å². The highest BCUT2D eigenvalue weighted by Gasteiger charge is 2.47. The van der Waals surface area contributed by atoms with E-state index < -0.39 is 35.3 Å². The lowest BCUT2D eigenvalue weighted by atomic mass is 9.75. The molecular formula is C31H20O8. The summed E-state index contributed by atoms with van der Waals surface area (Å²) >= 11 is 0. The number of hydrogen-bond acceptors (Lipinski definition) is 8. The van der Waals surface area contributed by atoms with Crippen molar-refractivity contribution >= 4 is 28.7 Å². The van der Waals surface area contributed by atoms with Gasteiger partial charge in [-0.15, -0.1) is 0 Å². The summed E-state index contributed by atoms with van der Waals surface area (Å²) in [6.07, 6.45) is 0.0213. The van der Waals surface area contributed by atoms with Gasteiger partial charge >= 0.3 is 17.6 Å². The van der Waals surface area contributed by atoms with Crippen molar-refractivity contribution in [2.45, 2.75) is 25.2 Å². The van der Waals surface area contributed by atoms with Crippen LogP contribution >= 0.6 is 0 Å². The first-order chi connectivity index (χ1) is 18.9. The van der Waals surface area contributed by atoms with Crippen LogP contribution in [0.15, 0.2) is 93.3 Å². The van der Waals surface area contributed by atoms with Gasteiger partial charge in [0, 0.05) is 17.9 Å². The zero-order chi connectivity index (χ0) is 26.8. The molecule has 4 heterocycles. The summed E-state index contributed by atoms with van der Waals surface area (Å²) in [4.78, 5) is 52.5. The molecule has 3 atom stereocenters. The maximum Gasteiger partial charge on any atom is 0.344 e. The molecule has 0 saturated carbocycles. The standard InChI is InChI=1S/C31H20O8/c1-15(32)24-19(16-8-2-5-11-20(16)37-29(24)33)14-23-26-25(17-9-3-6-12-21(17)38-30(26)34)27-28(36-23)18-10-4-7-13-22(18)39-31(27)35/h2-13,19,24-25H,14H2,1H3. The van der Waals surface area contributed by atoms with E-state index in [9.17, 15) is 19.2 Å². The summed E-state index contributed by atoms with van der Waals surface area (Å²) in [5.41, 5.74) is 1.32. The minimum absolute atomic E-state index is 0.0213. The molecule has 0 spiro atoms. The van der Waals surface area contributed by atoms with Gasteiger partial charge in [0.05, 0.1) is 22.4 Å². The molecule has 1 aromatic heterocycles. The third-order valence-corrected chi connectivity index (χ3v) is 7.58. The number of carbonyl (C=O) groups excluding carboxylic acids is 3. The molecule has 0 fully saturated rings. The maximum absolute atomic E-state index is 13.5. The Morgan fingerprint density at radius 1 is 0.795 bits per heavy atom. The number of allylic oxidation sites excluding steroid dienone is 1. The Kier molecular flexibility index (Phi) is 5.06. The quantitative estimate of drug-likeness (QED) is 0.164. The highest BCUT2D eigenvalue weighted by atomic mass is 16.5. The molecule has 8 heteroatoms. The van der Waals surface area contributed by atoms with Crippen LogP contribution in [-0.2, 0) is 14.4 Å². The van der Waals surface area contributed by atoms with Crippen LogP contribution in [0.4, 0.5) is 0 Å². The number of ketones is 1. The molecule has 192 valence electrons. The van der Waals surface area contributed by atoms with Crippen LogP contribution in [0.25, 0.3) is 11.0 Å². The van der Waals surface area contributed by atoms with E-state index in [2.05, 4.69) is 0 Å². The maximum atomic E-state index is 13.5. The van der Waals surface area contributed by atoms with Gasteiger partial charge in [-0.1, -0.05) is 48.5 Å². The highest BCUT2D eigenvalue weighted by Crippen LogP contribution is 2.52. The van der Waals surface area contributed by atoms with Gasteiger partial charge < -0.3 is 18.6 Å². The van der Waals surface area contributed by atoms with Gasteiger partial charge in [-0.2, -0.15) is 0 Å². The zero-order valence-corrected chi connectivity index (χ0v) is 20.6. The van der Waals surface area contributed by atoms with Crippen molar-refractivity contribution in [3.05, 3.63) is 111 Å². The van der Waals surface area contributed by atoms with Gasteiger partial charge in [0.1, 0.15) is 40.3 Å². The second-order valence-corrected chi connectivity index (χ2v) is 9.79. The molecule has 0 amide bonds. The molecule has 3 unspecified atom stereocenters. The van der Waals surface area contributed by atoms with Crippen molar-refractivity contribution < 1.29 is 33.0 Å². The second-order valence-electron chi connectivity index (χ2n) is 9.79. The molecule has 8 nitrogen and oxygen atoms in total. The fourth-order valence-corrected chi connectivity index (χ4v) is 5.91. The summed E-state index contributed by atoms with van der Waals surface area (Å²) in [6, 6.07) is 21.0. The van der Waals surface area contributed by atoms with Gasteiger partial charge in [-0.25, -0.2) is 9.59 Å². The SMILES string of the molecule is CC(=O)C1C(=O)Oc2ccccc2C1CC1=C2C(=O)Oc3ccccc3C2c2c(c3ccccc3oc2=O)O1. The molecule has 4 aromatic rings. The molecule has 3 aliphatic heterocycles. The monoisotopic (exact) mass is 520 g/mol. The van der Waals surface area contributed by atoms with Crippen LogP contribution < -0.4 is 19.8 Å². The van der Waals surface area contributed by atoms with E-state index in [1.54, 1.807) is 72.8 Å². The third kappa shape index (κ3) is 3.45. The number of para-hydroxylation sites is 3. The molecule has 0 radical (unpaired) electrons. The van der Waals surface area contributed by atoms with Crippen molar-refractivity contribution in [1.82, 2.24) is 0 Å². The fourth-order valence-electron chi connectivity index (χ4n) is 5.91. The third-order valence-electron chi connectivity index (χ3n) is 7.58. The first-order valence-electron chi connectivity index (χ1n) is 12.5. The van der Waals surface area contributed by atoms with Crippen LogP contribution in [0.5, 0.6) is 17.2 Å². The van der Waals surface area contributed by atoms with E-state index in [0.29, 0.717) is 33.6 Å². The molecule has 3 aliphatic rings. The lowest BCUT2D eigenvalue weighted by Gasteiger charge is -2.36. The number of fused-ring (bicyclic) bond motifs is 8. The molecule has 0 N–H and O–H groups in total. The van der Waals surface area contributed by atoms with Gasteiger partial charge in [0.2, 0.25) is 0 Å². The van der Waals surface area contributed by atoms with Gasteiger partial charge in [-0.3, -0.25) is 9.59 Å². The number of carbonyl (C=O) groups is 3. The first-order valence-corrected chi connectivity index (χ1v) is 12.5. The smallest absolute Gasteiger partial charge is 0.344 e. The highest BCUT2D eigenvalue weighted by molar-refractivity contribution is 6.01. The predicted molar refractivity (Wildman–Crippen MR) is 138 cm³/mol. The summed E-state index contributed by atoms with van der Waals surface area (Å²) in [5.74, 6) is -3.07. The molecular weight excluding hydrogens is 500 g/mol. The van der Waals surface area contributed by atoms with E-state index in [4.69, 9.17) is 18.6 Å². The van der Waals surface area contributed by atoms with E-state index in [0.717, 1.165) is 0 Å². The van der Waals surface area contributed by atoms with Crippen LogP contribution in [0.2, 0.25) is 0 Å². The largest absolute Gasteiger partial charge is 0.460 e. The Morgan fingerprint density at radius 3 is 2.23 bits per heavy atom. The number of ether oxygens (including phenoxy) is 3. The van der Waals surface area contributed by atoms with Crippen molar-refractivity contribution in [2.24, 2.45) is 5.92 Å². The lowest BCUT2D eigenvalue weighted by Crippen LogP contribution is -2.38. The van der Waals surface area contributed by atoms with Gasteiger partial charge in [0.15, 0.2) is 0 Å². The Balaban J connectivity index is 1.48. The van der Waals surface area contributed by atoms with E-state index >= 15 is 0 Å². The number of Topliss-reactive ketones (excluding diaryl/α,β-unsaturated/α-hetero) is 1. The van der Waals surface area contributed by atoms with Crippen LogP contribution in [0, 0.1) is 5.92 Å². The van der Waals surface area contributed by atoms with Gasteiger partial charge in [0.25, 0.3) is 0 Å². The Labute approximate surface area is 221 Å². The van der Waals surface area contributed by atoms with Crippen molar-refractivity contribution in [3.63, 3.8) is 0 Å². The van der Waals surface area contributed by atoms with Crippen molar-refractivity contribution in [1.29, 1.82) is 0 Å². The summed E-state index contributed by atoms with van der Waals surface area (Å²) in [6.45, 7) is 1.34. The molecule has 39 heavy (non-hydrogen) atoms. The molecule has 0 saturated heterocycles. The van der Waals surface area contributed by atoms with E-state index in [1.165, 1.54) is 6.92 Å². The summed E-state index contributed by atoms with van der Waals surface area (Å²) < 4.78 is 23.2. The Bertz CT molecular complexity index is 1830. The molecule has 3 aromatic carbocycles. The minimum atomic E-state index is -1.10. The normalized spacial score (nSPS) is 21.1. The number of benzene rings is 3. The fraction of sp³-hybridized carbons (Fsp3) is 0.161. The minimum Gasteiger partial charge on any atom is -0.460 e. The van der Waals surface area contributed by atoms with Crippen LogP contribution in [0.3, 0.4) is 0 Å². The Hall–Kier alpha value is -4.98. The number of esters is 2. The van der Waals surface area contributed by atoms with Crippen molar-refractivity contribution in [2.75, 3.05) is 0 Å². The zero-order valence-electron chi connectivity index (χ0n) is 20.6. The van der Waals surface area contributed by atoms with Crippen LogP contribution in [0.1, 0.15) is 41.9 Å². The second kappa shape index (κ2) is 8.52. The summed E-state index contributed by atoms with van der Waals surface area (Å²) in [7, 11) is 0. The van der Waals surface area contributed by atoms with Gasteiger partial charge in [-0.05, 0) is 36.8 Å². The average Bonchev–Trinajstić information content (AvgIpc) is 2.92. The molecule has 7 rings (SSSR count). The first kappa shape index (κ1) is 23.2. The number of hydrogen-bond donors (Lipinski definition) is 0.